The van der Waals surface area contributed by atoms with Crippen LogP contribution in [0.5, 0.6) is 5.75 Å². The highest BCUT2D eigenvalue weighted by molar-refractivity contribution is 6.23. The summed E-state index contributed by atoms with van der Waals surface area (Å²) in [6.07, 6.45) is -0.316. The van der Waals surface area contributed by atoms with Crippen molar-refractivity contribution >= 4 is 35.0 Å². The molecular formula is C35H28N2O9. The van der Waals surface area contributed by atoms with Crippen molar-refractivity contribution in [3.63, 3.8) is 0 Å². The fraction of sp³-hybridized carbons (Fsp3) is 0.229. The molecule has 0 radical (unpaired) electrons. The molecule has 232 valence electrons. The highest BCUT2D eigenvalue weighted by atomic mass is 16.3. The van der Waals surface area contributed by atoms with Crippen molar-refractivity contribution in [3.8, 4) is 16.9 Å². The molecule has 3 aromatic carbocycles. The van der Waals surface area contributed by atoms with E-state index in [4.69, 9.17) is 5.73 Å². The lowest BCUT2D eigenvalue weighted by Crippen LogP contribution is -2.58. The van der Waals surface area contributed by atoms with Gasteiger partial charge in [0.25, 0.3) is 17.7 Å². The zero-order valence-corrected chi connectivity index (χ0v) is 24.5. The van der Waals surface area contributed by atoms with Gasteiger partial charge in [0.05, 0.1) is 23.2 Å². The van der Waals surface area contributed by atoms with Crippen molar-refractivity contribution in [2.75, 3.05) is 0 Å². The molecule has 0 saturated heterocycles. The lowest BCUT2D eigenvalue weighted by molar-refractivity contribution is -0.147. The second-order valence-electron chi connectivity index (χ2n) is 12.3. The third-order valence-electron chi connectivity index (χ3n) is 9.68. The van der Waals surface area contributed by atoms with Crippen LogP contribution in [-0.4, -0.2) is 60.2 Å². The van der Waals surface area contributed by atoms with Crippen LogP contribution in [0.15, 0.2) is 71.5 Å². The normalized spacial score (nSPS) is 23.7. The standard InChI is InChI=1S/C35H28N2O9/c1-15-5-4-6-16(9-15)22-12-18(14-37-33(44)20-7-2-3-8-21(20)34(37)45)28(39)26-23(22)11-17-10-19-13-24(38)27(32(36)43)31(42)35(19,46)30(41)25(17)29(26)40/h2-9,12,17,19,39-40,42,46H,10-11,13-14H2,1H3,(H2,36,43)/t17-,19+,35+/m1/s1. The first-order valence-electron chi connectivity index (χ1n) is 14.7. The summed E-state index contributed by atoms with van der Waals surface area (Å²) in [6.45, 7) is 1.55. The van der Waals surface area contributed by atoms with E-state index in [0.29, 0.717) is 16.7 Å². The van der Waals surface area contributed by atoms with Crippen LogP contribution in [0.25, 0.3) is 16.9 Å². The number of amides is 3. The second kappa shape index (κ2) is 9.98. The van der Waals surface area contributed by atoms with Gasteiger partial charge in [0, 0.05) is 23.5 Å². The Labute approximate surface area is 261 Å². The van der Waals surface area contributed by atoms with E-state index in [1.807, 2.05) is 31.2 Å². The van der Waals surface area contributed by atoms with Gasteiger partial charge >= 0.3 is 0 Å². The van der Waals surface area contributed by atoms with Gasteiger partial charge in [0.15, 0.2) is 11.4 Å². The molecule has 3 aliphatic carbocycles. The predicted octanol–water partition coefficient (Wildman–Crippen LogP) is 3.20. The minimum atomic E-state index is -2.69. The molecule has 1 fully saturated rings. The molecule has 7 rings (SSSR count). The van der Waals surface area contributed by atoms with E-state index in [1.165, 1.54) is 12.1 Å². The number of carbonyl (C=O) groups is 5. The Morgan fingerprint density at radius 2 is 1.61 bits per heavy atom. The zero-order valence-electron chi connectivity index (χ0n) is 24.5. The molecule has 1 aliphatic heterocycles. The summed E-state index contributed by atoms with van der Waals surface area (Å²) in [7, 11) is 0. The molecular weight excluding hydrogens is 592 g/mol. The molecule has 11 heteroatoms. The number of phenols is 1. The minimum absolute atomic E-state index is 0.00622. The summed E-state index contributed by atoms with van der Waals surface area (Å²) in [5.74, 6) is -8.38. The van der Waals surface area contributed by atoms with E-state index in [2.05, 4.69) is 0 Å². The third kappa shape index (κ3) is 3.91. The van der Waals surface area contributed by atoms with Crippen LogP contribution >= 0.6 is 0 Å². The van der Waals surface area contributed by atoms with Crippen molar-refractivity contribution in [3.05, 3.63) is 105 Å². The number of phenolic OH excluding ortho intramolecular Hbond substituents is 1. The lowest BCUT2D eigenvalue weighted by atomic mass is 9.59. The van der Waals surface area contributed by atoms with Crippen molar-refractivity contribution in [1.29, 1.82) is 0 Å². The number of aliphatic hydroxyl groups is 3. The molecule has 0 unspecified atom stereocenters. The average Bonchev–Trinajstić information content (AvgIpc) is 3.24. The Kier molecular flexibility index (Phi) is 6.33. The van der Waals surface area contributed by atoms with Gasteiger partial charge in [-0.2, -0.15) is 0 Å². The maximum absolute atomic E-state index is 14.0. The SMILES string of the molecule is Cc1cccc(-c2cc(CN3C(=O)c4ccccc4C3=O)c(O)c3c2C[C@H]2C[C@H]4CC(=O)C(C(N)=O)=C(O)[C@@]4(O)C(=O)C2=C3O)c1. The molecule has 11 nitrogen and oxygen atoms in total. The summed E-state index contributed by atoms with van der Waals surface area (Å²) < 4.78 is 0. The Morgan fingerprint density at radius 3 is 2.24 bits per heavy atom. The van der Waals surface area contributed by atoms with Gasteiger partial charge < -0.3 is 26.2 Å². The summed E-state index contributed by atoms with van der Waals surface area (Å²) in [5, 5.41) is 45.9. The number of imide groups is 1. The largest absolute Gasteiger partial charge is 0.508 e. The molecule has 3 aromatic rings. The quantitative estimate of drug-likeness (QED) is 0.215. The topological polar surface area (TPSA) is 196 Å². The number of fused-ring (bicyclic) bond motifs is 4. The monoisotopic (exact) mass is 620 g/mol. The molecule has 1 saturated carbocycles. The van der Waals surface area contributed by atoms with E-state index in [-0.39, 0.29) is 47.2 Å². The number of aliphatic hydroxyl groups excluding tert-OH is 2. The van der Waals surface area contributed by atoms with Crippen molar-refractivity contribution < 1.29 is 44.4 Å². The fourth-order valence-corrected chi connectivity index (χ4v) is 7.49. The predicted molar refractivity (Wildman–Crippen MR) is 162 cm³/mol. The first kappa shape index (κ1) is 29.2. The number of rotatable bonds is 4. The number of carbonyl (C=O) groups excluding carboxylic acids is 5. The molecule has 4 aliphatic rings. The van der Waals surface area contributed by atoms with Crippen molar-refractivity contribution in [1.82, 2.24) is 4.90 Å². The van der Waals surface area contributed by atoms with Gasteiger partial charge in [-0.3, -0.25) is 28.9 Å². The van der Waals surface area contributed by atoms with Gasteiger partial charge in [-0.15, -0.1) is 0 Å². The molecule has 0 aromatic heterocycles. The molecule has 0 bridgehead atoms. The number of aryl methyl sites for hydroxylation is 1. The van der Waals surface area contributed by atoms with Gasteiger partial charge in [0.1, 0.15) is 22.8 Å². The highest BCUT2D eigenvalue weighted by Crippen LogP contribution is 2.53. The summed E-state index contributed by atoms with van der Waals surface area (Å²) in [6, 6.07) is 15.5. The van der Waals surface area contributed by atoms with Gasteiger partial charge in [-0.25, -0.2) is 0 Å². The Morgan fingerprint density at radius 1 is 0.935 bits per heavy atom. The summed E-state index contributed by atoms with van der Waals surface area (Å²) in [5.41, 5.74) is 4.61. The number of nitrogens with two attached hydrogens (primary N) is 1. The molecule has 3 atom stereocenters. The van der Waals surface area contributed by atoms with Gasteiger partial charge in [0.2, 0.25) is 5.78 Å². The van der Waals surface area contributed by atoms with E-state index < -0.39 is 76.0 Å². The van der Waals surface area contributed by atoms with E-state index in [0.717, 1.165) is 10.5 Å². The molecule has 3 amide bonds. The number of hydrogen-bond acceptors (Lipinski definition) is 9. The van der Waals surface area contributed by atoms with Crippen LogP contribution in [0.4, 0.5) is 0 Å². The van der Waals surface area contributed by atoms with E-state index >= 15 is 0 Å². The van der Waals surface area contributed by atoms with E-state index in [1.54, 1.807) is 18.2 Å². The number of ketones is 2. The Bertz CT molecular complexity index is 2010. The number of nitrogens with zero attached hydrogens (tertiary/aromatic N) is 1. The number of aromatic hydroxyl groups is 1. The van der Waals surface area contributed by atoms with Crippen LogP contribution < -0.4 is 5.73 Å². The van der Waals surface area contributed by atoms with Crippen molar-refractivity contribution in [2.45, 2.75) is 38.3 Å². The first-order chi connectivity index (χ1) is 21.8. The number of primary amides is 1. The molecule has 46 heavy (non-hydrogen) atoms. The van der Waals surface area contributed by atoms with Crippen LogP contribution in [0.1, 0.15) is 55.8 Å². The van der Waals surface area contributed by atoms with Crippen LogP contribution in [0.2, 0.25) is 0 Å². The molecule has 1 heterocycles. The van der Waals surface area contributed by atoms with Crippen LogP contribution in [-0.2, 0) is 27.3 Å². The Hall–Kier alpha value is -5.55. The van der Waals surface area contributed by atoms with Crippen molar-refractivity contribution in [2.24, 2.45) is 17.6 Å². The number of benzene rings is 3. The second-order valence-corrected chi connectivity index (χ2v) is 12.3. The first-order valence-corrected chi connectivity index (χ1v) is 14.7. The fourth-order valence-electron chi connectivity index (χ4n) is 7.49. The van der Waals surface area contributed by atoms with Crippen LogP contribution in [0.3, 0.4) is 0 Å². The summed E-state index contributed by atoms with van der Waals surface area (Å²) >= 11 is 0. The van der Waals surface area contributed by atoms with Gasteiger partial charge in [-0.05, 0) is 60.6 Å². The van der Waals surface area contributed by atoms with E-state index in [9.17, 15) is 44.4 Å². The molecule has 6 N–H and O–H groups in total. The maximum atomic E-state index is 14.0. The highest BCUT2D eigenvalue weighted by Gasteiger charge is 2.60. The minimum Gasteiger partial charge on any atom is -0.508 e. The smallest absolute Gasteiger partial charge is 0.261 e. The van der Waals surface area contributed by atoms with Gasteiger partial charge in [-0.1, -0.05) is 42.0 Å². The number of Topliss-reactive ketones (excluding diaryl/α,β-unsaturated/α-hetero) is 2. The lowest BCUT2D eigenvalue weighted by Gasteiger charge is -2.46. The van der Waals surface area contributed by atoms with Crippen LogP contribution in [0, 0.1) is 18.8 Å². The Balaban J connectivity index is 1.41. The molecule has 0 spiro atoms. The summed E-state index contributed by atoms with van der Waals surface area (Å²) in [4.78, 5) is 66.1. The number of hydrogen-bond donors (Lipinski definition) is 5. The third-order valence-corrected chi connectivity index (χ3v) is 9.68. The zero-order chi connectivity index (χ0) is 32.8. The maximum Gasteiger partial charge on any atom is 0.261 e. The average molecular weight is 621 g/mol.